The number of benzene rings is 1. The summed E-state index contributed by atoms with van der Waals surface area (Å²) in [5, 5.41) is 0. The van der Waals surface area contributed by atoms with Crippen LogP contribution in [0, 0.1) is 0 Å². The van der Waals surface area contributed by atoms with E-state index in [1.54, 1.807) is 6.26 Å². The zero-order valence-electron chi connectivity index (χ0n) is 9.69. The van der Waals surface area contributed by atoms with Crippen LogP contribution in [0.1, 0.15) is 25.3 Å². The van der Waals surface area contributed by atoms with Gasteiger partial charge in [-0.3, -0.25) is 0 Å². The van der Waals surface area contributed by atoms with Gasteiger partial charge in [-0.1, -0.05) is 36.4 Å². The van der Waals surface area contributed by atoms with Gasteiger partial charge in [0, 0.05) is 0 Å². The Balaban J connectivity index is 1.81. The molecule has 1 aromatic carbocycles. The fourth-order valence-corrected chi connectivity index (χ4v) is 1.89. The summed E-state index contributed by atoms with van der Waals surface area (Å²) >= 11 is 0. The Morgan fingerprint density at radius 2 is 2.12 bits per heavy atom. The molecule has 2 heteroatoms. The molecule has 1 atom stereocenters. The monoisotopic (exact) mass is 218 g/mol. The van der Waals surface area contributed by atoms with Crippen molar-refractivity contribution in [3.05, 3.63) is 48.2 Å². The SMILES string of the molecule is CC=COCCCC1(c2ccccc2)CO1. The summed E-state index contributed by atoms with van der Waals surface area (Å²) in [5.74, 6) is 0. The number of rotatable bonds is 6. The van der Waals surface area contributed by atoms with Crippen LogP contribution >= 0.6 is 0 Å². The van der Waals surface area contributed by atoms with Crippen molar-refractivity contribution in [3.8, 4) is 0 Å². The minimum absolute atomic E-state index is 0.0133. The lowest BCUT2D eigenvalue weighted by Gasteiger charge is -2.11. The van der Waals surface area contributed by atoms with Crippen LogP contribution in [0.5, 0.6) is 0 Å². The van der Waals surface area contributed by atoms with E-state index in [2.05, 4.69) is 24.3 Å². The van der Waals surface area contributed by atoms with Crippen LogP contribution in [0.3, 0.4) is 0 Å². The largest absolute Gasteiger partial charge is 0.502 e. The third-order valence-corrected chi connectivity index (χ3v) is 2.87. The zero-order valence-corrected chi connectivity index (χ0v) is 9.69. The maximum atomic E-state index is 5.62. The van der Waals surface area contributed by atoms with E-state index < -0.39 is 0 Å². The number of epoxide rings is 1. The van der Waals surface area contributed by atoms with Gasteiger partial charge in [0.1, 0.15) is 5.60 Å². The second kappa shape index (κ2) is 5.17. The summed E-state index contributed by atoms with van der Waals surface area (Å²) in [5.41, 5.74) is 1.28. The average Bonchev–Trinajstić information content (AvgIpc) is 3.11. The minimum atomic E-state index is -0.0133. The Morgan fingerprint density at radius 1 is 1.38 bits per heavy atom. The van der Waals surface area contributed by atoms with Crippen LogP contribution in [-0.4, -0.2) is 13.2 Å². The van der Waals surface area contributed by atoms with Gasteiger partial charge in [-0.15, -0.1) is 0 Å². The third-order valence-electron chi connectivity index (χ3n) is 2.87. The Bertz CT molecular complexity index is 339. The molecule has 0 radical (unpaired) electrons. The van der Waals surface area contributed by atoms with E-state index in [4.69, 9.17) is 9.47 Å². The maximum Gasteiger partial charge on any atom is 0.117 e. The summed E-state index contributed by atoms with van der Waals surface area (Å²) < 4.78 is 10.9. The van der Waals surface area contributed by atoms with Crippen LogP contribution in [-0.2, 0) is 15.1 Å². The molecule has 0 saturated carbocycles. The molecule has 1 aromatic rings. The third kappa shape index (κ3) is 2.64. The zero-order chi connectivity index (χ0) is 11.3. The standard InChI is InChI=1S/C14H18O2/c1-2-10-15-11-6-9-14(12-16-14)13-7-4-3-5-8-13/h2-5,7-8,10H,6,9,11-12H2,1H3. The summed E-state index contributed by atoms with van der Waals surface area (Å²) in [4.78, 5) is 0. The van der Waals surface area contributed by atoms with Gasteiger partial charge in [0.2, 0.25) is 0 Å². The fourth-order valence-electron chi connectivity index (χ4n) is 1.89. The van der Waals surface area contributed by atoms with Crippen LogP contribution in [0.15, 0.2) is 42.7 Å². The van der Waals surface area contributed by atoms with Crippen LogP contribution < -0.4 is 0 Å². The van der Waals surface area contributed by atoms with Crippen molar-refractivity contribution in [2.24, 2.45) is 0 Å². The van der Waals surface area contributed by atoms with E-state index in [0.717, 1.165) is 26.1 Å². The van der Waals surface area contributed by atoms with E-state index in [1.165, 1.54) is 5.56 Å². The lowest BCUT2D eigenvalue weighted by Crippen LogP contribution is -2.09. The van der Waals surface area contributed by atoms with Crippen molar-refractivity contribution >= 4 is 0 Å². The normalized spacial score (nSPS) is 23.6. The van der Waals surface area contributed by atoms with Crippen molar-refractivity contribution in [2.45, 2.75) is 25.4 Å². The smallest absolute Gasteiger partial charge is 0.117 e. The highest BCUT2D eigenvalue weighted by atomic mass is 16.6. The van der Waals surface area contributed by atoms with Gasteiger partial charge in [0.25, 0.3) is 0 Å². The molecular weight excluding hydrogens is 200 g/mol. The first-order chi connectivity index (χ1) is 7.87. The molecular formula is C14H18O2. The lowest BCUT2D eigenvalue weighted by molar-refractivity contribution is 0.215. The minimum Gasteiger partial charge on any atom is -0.502 e. The summed E-state index contributed by atoms with van der Waals surface area (Å²) in [6.07, 6.45) is 5.71. The molecule has 1 aliphatic heterocycles. The molecule has 2 nitrogen and oxygen atoms in total. The molecule has 0 N–H and O–H groups in total. The summed E-state index contributed by atoms with van der Waals surface area (Å²) in [7, 11) is 0. The molecule has 1 unspecified atom stereocenters. The second-order valence-corrected chi connectivity index (χ2v) is 4.09. The van der Waals surface area contributed by atoms with Gasteiger partial charge in [-0.05, 0) is 25.3 Å². The summed E-state index contributed by atoms with van der Waals surface area (Å²) in [6, 6.07) is 10.4. The molecule has 1 heterocycles. The van der Waals surface area contributed by atoms with E-state index in [0.29, 0.717) is 0 Å². The van der Waals surface area contributed by atoms with E-state index in [1.807, 2.05) is 19.1 Å². The molecule has 1 fully saturated rings. The maximum absolute atomic E-state index is 5.62. The van der Waals surface area contributed by atoms with Crippen LogP contribution in [0.25, 0.3) is 0 Å². The molecule has 0 amide bonds. The number of ether oxygens (including phenoxy) is 2. The highest BCUT2D eigenvalue weighted by Gasteiger charge is 2.45. The predicted molar refractivity (Wildman–Crippen MR) is 64.1 cm³/mol. The topological polar surface area (TPSA) is 21.8 Å². The molecule has 86 valence electrons. The van der Waals surface area contributed by atoms with Crippen LogP contribution in [0.2, 0.25) is 0 Å². The summed E-state index contributed by atoms with van der Waals surface area (Å²) in [6.45, 7) is 3.57. The van der Waals surface area contributed by atoms with Gasteiger partial charge in [-0.2, -0.15) is 0 Å². The van der Waals surface area contributed by atoms with Crippen molar-refractivity contribution in [2.75, 3.05) is 13.2 Å². The van der Waals surface area contributed by atoms with Crippen molar-refractivity contribution < 1.29 is 9.47 Å². The molecule has 0 bridgehead atoms. The Labute approximate surface area is 96.9 Å². The molecule has 0 aromatic heterocycles. The average molecular weight is 218 g/mol. The molecule has 1 aliphatic rings. The highest BCUT2D eigenvalue weighted by Crippen LogP contribution is 2.42. The lowest BCUT2D eigenvalue weighted by atomic mass is 9.95. The van der Waals surface area contributed by atoms with Gasteiger partial charge < -0.3 is 9.47 Å². The van der Waals surface area contributed by atoms with Crippen molar-refractivity contribution in [3.63, 3.8) is 0 Å². The number of hydrogen-bond donors (Lipinski definition) is 0. The van der Waals surface area contributed by atoms with E-state index >= 15 is 0 Å². The molecule has 2 rings (SSSR count). The van der Waals surface area contributed by atoms with Gasteiger partial charge in [-0.25, -0.2) is 0 Å². The van der Waals surface area contributed by atoms with E-state index in [9.17, 15) is 0 Å². The van der Waals surface area contributed by atoms with Gasteiger partial charge in [0.15, 0.2) is 0 Å². The number of hydrogen-bond acceptors (Lipinski definition) is 2. The van der Waals surface area contributed by atoms with Gasteiger partial charge in [0.05, 0.1) is 19.5 Å². The number of allylic oxidation sites excluding steroid dienone is 1. The second-order valence-electron chi connectivity index (χ2n) is 4.09. The first kappa shape index (κ1) is 11.2. The molecule has 0 spiro atoms. The first-order valence-electron chi connectivity index (χ1n) is 5.80. The Morgan fingerprint density at radius 3 is 2.75 bits per heavy atom. The van der Waals surface area contributed by atoms with Crippen molar-refractivity contribution in [1.82, 2.24) is 0 Å². The quantitative estimate of drug-likeness (QED) is 0.415. The fraction of sp³-hybridized carbons (Fsp3) is 0.429. The highest BCUT2D eigenvalue weighted by molar-refractivity contribution is 5.26. The Kier molecular flexibility index (Phi) is 3.62. The van der Waals surface area contributed by atoms with E-state index in [-0.39, 0.29) is 5.60 Å². The molecule has 1 saturated heterocycles. The van der Waals surface area contributed by atoms with Gasteiger partial charge >= 0.3 is 0 Å². The van der Waals surface area contributed by atoms with Crippen molar-refractivity contribution in [1.29, 1.82) is 0 Å². The predicted octanol–water partition coefficient (Wildman–Crippen LogP) is 3.24. The molecule has 0 aliphatic carbocycles. The molecule has 16 heavy (non-hydrogen) atoms. The first-order valence-corrected chi connectivity index (χ1v) is 5.80. The Hall–Kier alpha value is -1.28. The van der Waals surface area contributed by atoms with Crippen LogP contribution in [0.4, 0.5) is 0 Å².